The number of hydrogen-bond donors (Lipinski definition) is 6. The largest absolute Gasteiger partial charge is 0.480 e. The molecule has 3 atom stereocenters. The fraction of sp³-hybridized carbons (Fsp3) is 0.353. The fourth-order valence-corrected chi connectivity index (χ4v) is 2.50. The number of aliphatic hydroxyl groups is 1. The lowest BCUT2D eigenvalue weighted by Gasteiger charge is -2.21. The Morgan fingerprint density at radius 2 is 1.92 bits per heavy atom. The first kappa shape index (κ1) is 19.4. The summed E-state index contributed by atoms with van der Waals surface area (Å²) in [6.07, 6.45) is 0.766. The van der Waals surface area contributed by atoms with E-state index in [2.05, 4.69) is 15.6 Å². The number of benzene rings is 1. The zero-order valence-electron chi connectivity index (χ0n) is 14.2. The smallest absolute Gasteiger partial charge is 0.322 e. The van der Waals surface area contributed by atoms with Crippen molar-refractivity contribution >= 4 is 28.7 Å². The number of carboxylic acids is 1. The molecule has 2 rings (SSSR count). The van der Waals surface area contributed by atoms with E-state index >= 15 is 0 Å². The molecule has 0 saturated carbocycles. The first-order valence-corrected chi connectivity index (χ1v) is 8.08. The number of para-hydroxylation sites is 1. The van der Waals surface area contributed by atoms with Crippen LogP contribution in [0.1, 0.15) is 12.5 Å². The molecule has 7 N–H and O–H groups in total. The number of aromatic nitrogens is 1. The number of aliphatic hydroxyl groups excluding tert-OH is 1. The molecule has 2 amide bonds. The van der Waals surface area contributed by atoms with Gasteiger partial charge in [-0.05, 0) is 18.6 Å². The minimum Gasteiger partial charge on any atom is -0.480 e. The van der Waals surface area contributed by atoms with Crippen LogP contribution >= 0.6 is 0 Å². The minimum atomic E-state index is -1.20. The van der Waals surface area contributed by atoms with E-state index in [1.54, 1.807) is 6.20 Å². The van der Waals surface area contributed by atoms with Crippen molar-refractivity contribution in [2.24, 2.45) is 5.73 Å². The number of fused-ring (bicyclic) bond motifs is 1. The van der Waals surface area contributed by atoms with E-state index in [9.17, 15) is 19.5 Å². The van der Waals surface area contributed by atoms with Gasteiger partial charge >= 0.3 is 5.97 Å². The van der Waals surface area contributed by atoms with Crippen LogP contribution in [0.25, 0.3) is 10.9 Å². The Kier molecular flexibility index (Phi) is 6.31. The van der Waals surface area contributed by atoms with Crippen LogP contribution in [-0.4, -0.2) is 57.7 Å². The number of aromatic amines is 1. The number of rotatable bonds is 8. The van der Waals surface area contributed by atoms with Crippen molar-refractivity contribution in [2.45, 2.75) is 31.5 Å². The van der Waals surface area contributed by atoms with Gasteiger partial charge in [0.15, 0.2) is 0 Å². The van der Waals surface area contributed by atoms with Crippen molar-refractivity contribution in [1.82, 2.24) is 15.6 Å². The van der Waals surface area contributed by atoms with Gasteiger partial charge in [0.25, 0.3) is 0 Å². The van der Waals surface area contributed by atoms with Crippen LogP contribution in [0.2, 0.25) is 0 Å². The van der Waals surface area contributed by atoms with Crippen LogP contribution in [0.3, 0.4) is 0 Å². The van der Waals surface area contributed by atoms with Gasteiger partial charge in [-0.1, -0.05) is 18.2 Å². The molecule has 26 heavy (non-hydrogen) atoms. The van der Waals surface area contributed by atoms with Gasteiger partial charge in [0.2, 0.25) is 11.8 Å². The summed E-state index contributed by atoms with van der Waals surface area (Å²) >= 11 is 0. The molecule has 0 radical (unpaired) electrons. The molecule has 0 spiro atoms. The standard InChI is InChI=1S/C17H22N4O5/c1-9(22)15(18)17(26)21-13(16(25)20-8-14(23)24)6-10-7-19-12-5-3-2-4-11(10)12/h2-5,7,9,13,15,19,22H,6,8,18H2,1H3,(H,20,25)(H,21,26)(H,23,24)/t9-,13+,15+/m1/s1. The van der Waals surface area contributed by atoms with Crippen LogP contribution < -0.4 is 16.4 Å². The van der Waals surface area contributed by atoms with E-state index in [0.29, 0.717) is 0 Å². The maximum atomic E-state index is 12.3. The summed E-state index contributed by atoms with van der Waals surface area (Å²) in [6, 6.07) is 5.22. The molecule has 0 aliphatic heterocycles. The quantitative estimate of drug-likeness (QED) is 0.357. The summed E-state index contributed by atoms with van der Waals surface area (Å²) < 4.78 is 0. The normalized spacial score (nSPS) is 14.4. The Balaban J connectivity index is 2.20. The molecule has 2 aromatic rings. The Morgan fingerprint density at radius 3 is 2.58 bits per heavy atom. The first-order valence-electron chi connectivity index (χ1n) is 8.08. The number of aliphatic carboxylic acids is 1. The number of nitrogens with one attached hydrogen (secondary N) is 3. The van der Waals surface area contributed by atoms with Crippen LogP contribution in [0, 0.1) is 0 Å². The van der Waals surface area contributed by atoms with Crippen molar-refractivity contribution in [2.75, 3.05) is 6.54 Å². The minimum absolute atomic E-state index is 0.133. The van der Waals surface area contributed by atoms with E-state index in [-0.39, 0.29) is 6.42 Å². The van der Waals surface area contributed by atoms with Gasteiger partial charge in [0.1, 0.15) is 18.6 Å². The Hall–Kier alpha value is -2.91. The third-order valence-corrected chi connectivity index (χ3v) is 3.97. The number of carboxylic acid groups (broad SMARTS) is 1. The predicted molar refractivity (Wildman–Crippen MR) is 94.2 cm³/mol. The second kappa shape index (κ2) is 8.45. The monoisotopic (exact) mass is 362 g/mol. The SMILES string of the molecule is C[C@@H](O)[C@H](N)C(=O)N[C@@H](Cc1c[nH]c2ccccc12)C(=O)NCC(=O)O. The molecule has 0 fully saturated rings. The molecular weight excluding hydrogens is 340 g/mol. The van der Waals surface area contributed by atoms with Crippen molar-refractivity contribution in [3.8, 4) is 0 Å². The van der Waals surface area contributed by atoms with Gasteiger partial charge < -0.3 is 31.6 Å². The van der Waals surface area contributed by atoms with Crippen LogP contribution in [-0.2, 0) is 20.8 Å². The average Bonchev–Trinajstić information content (AvgIpc) is 3.01. The summed E-state index contributed by atoms with van der Waals surface area (Å²) in [5, 5.41) is 23.8. The van der Waals surface area contributed by atoms with Crippen molar-refractivity contribution in [3.05, 3.63) is 36.0 Å². The highest BCUT2D eigenvalue weighted by Crippen LogP contribution is 2.19. The second-order valence-electron chi connectivity index (χ2n) is 6.00. The summed E-state index contributed by atoms with van der Waals surface area (Å²) in [6.45, 7) is 0.797. The number of H-pyrrole nitrogens is 1. The molecule has 1 aromatic heterocycles. The van der Waals surface area contributed by atoms with Gasteiger partial charge in [-0.15, -0.1) is 0 Å². The topological polar surface area (TPSA) is 158 Å². The Morgan fingerprint density at radius 1 is 1.23 bits per heavy atom. The van der Waals surface area contributed by atoms with E-state index in [1.807, 2.05) is 24.3 Å². The molecule has 9 nitrogen and oxygen atoms in total. The maximum Gasteiger partial charge on any atom is 0.322 e. The number of carbonyl (C=O) groups excluding carboxylic acids is 2. The van der Waals surface area contributed by atoms with Gasteiger partial charge in [-0.25, -0.2) is 0 Å². The van der Waals surface area contributed by atoms with Gasteiger partial charge in [0.05, 0.1) is 6.10 Å². The Bertz CT molecular complexity index is 801. The van der Waals surface area contributed by atoms with Gasteiger partial charge in [0, 0.05) is 23.5 Å². The molecule has 0 unspecified atom stereocenters. The molecule has 140 valence electrons. The van der Waals surface area contributed by atoms with Crippen molar-refractivity contribution < 1.29 is 24.6 Å². The van der Waals surface area contributed by atoms with Crippen molar-refractivity contribution in [1.29, 1.82) is 0 Å². The molecular formula is C17H22N4O5. The molecule has 0 aliphatic rings. The highest BCUT2D eigenvalue weighted by molar-refractivity contribution is 5.92. The lowest BCUT2D eigenvalue weighted by molar-refractivity contribution is -0.138. The summed E-state index contributed by atoms with van der Waals surface area (Å²) in [4.78, 5) is 38.2. The zero-order valence-corrected chi connectivity index (χ0v) is 14.2. The van der Waals surface area contributed by atoms with E-state index in [4.69, 9.17) is 10.8 Å². The van der Waals surface area contributed by atoms with E-state index in [1.165, 1.54) is 6.92 Å². The van der Waals surface area contributed by atoms with E-state index in [0.717, 1.165) is 16.5 Å². The third kappa shape index (κ3) is 4.80. The molecule has 0 bridgehead atoms. The summed E-state index contributed by atoms with van der Waals surface area (Å²) in [5.41, 5.74) is 7.25. The van der Waals surface area contributed by atoms with Crippen LogP contribution in [0.5, 0.6) is 0 Å². The number of carbonyl (C=O) groups is 3. The average molecular weight is 362 g/mol. The molecule has 1 aromatic carbocycles. The second-order valence-corrected chi connectivity index (χ2v) is 6.00. The molecule has 0 aliphatic carbocycles. The first-order chi connectivity index (χ1) is 12.3. The summed E-state index contributed by atoms with van der Waals surface area (Å²) in [5.74, 6) is -2.55. The number of hydrogen-bond acceptors (Lipinski definition) is 5. The molecule has 1 heterocycles. The van der Waals surface area contributed by atoms with Gasteiger partial charge in [-0.3, -0.25) is 14.4 Å². The Labute approximate surface area is 149 Å². The van der Waals surface area contributed by atoms with Crippen molar-refractivity contribution in [3.63, 3.8) is 0 Å². The highest BCUT2D eigenvalue weighted by Gasteiger charge is 2.27. The van der Waals surface area contributed by atoms with Crippen LogP contribution in [0.4, 0.5) is 0 Å². The number of amides is 2. The third-order valence-electron chi connectivity index (χ3n) is 3.97. The molecule has 9 heteroatoms. The lowest BCUT2D eigenvalue weighted by atomic mass is 10.0. The lowest BCUT2D eigenvalue weighted by Crippen LogP contribution is -2.55. The highest BCUT2D eigenvalue weighted by atomic mass is 16.4. The predicted octanol–water partition coefficient (Wildman–Crippen LogP) is -0.896. The van der Waals surface area contributed by atoms with E-state index < -0.39 is 42.5 Å². The van der Waals surface area contributed by atoms with Crippen LogP contribution in [0.15, 0.2) is 30.5 Å². The zero-order chi connectivity index (χ0) is 19.3. The fourth-order valence-electron chi connectivity index (χ4n) is 2.50. The maximum absolute atomic E-state index is 12.3. The van der Waals surface area contributed by atoms with Gasteiger partial charge in [-0.2, -0.15) is 0 Å². The number of nitrogens with two attached hydrogens (primary N) is 1. The summed E-state index contributed by atoms with van der Waals surface area (Å²) in [7, 11) is 0. The molecule has 0 saturated heterocycles.